The summed E-state index contributed by atoms with van der Waals surface area (Å²) in [4.78, 5) is 11.7. The fourth-order valence-electron chi connectivity index (χ4n) is 3.04. The molecule has 0 spiro atoms. The van der Waals surface area contributed by atoms with E-state index in [9.17, 15) is 0 Å². The van der Waals surface area contributed by atoms with Gasteiger partial charge in [-0.3, -0.25) is 0 Å². The summed E-state index contributed by atoms with van der Waals surface area (Å²) in [5.74, 6) is 4.11. The van der Waals surface area contributed by atoms with Gasteiger partial charge in [-0.25, -0.2) is 9.97 Å². The average molecular weight is 246 g/mol. The van der Waals surface area contributed by atoms with Crippen molar-refractivity contribution in [1.82, 2.24) is 15.3 Å². The van der Waals surface area contributed by atoms with Gasteiger partial charge >= 0.3 is 0 Å². The van der Waals surface area contributed by atoms with E-state index < -0.39 is 0 Å². The molecule has 0 radical (unpaired) electrons. The minimum Gasteiger partial charge on any atom is -0.356 e. The molecule has 0 aromatic carbocycles. The Hall–Kier alpha value is -1.16. The second kappa shape index (κ2) is 4.50. The van der Waals surface area contributed by atoms with Crippen molar-refractivity contribution in [2.24, 2.45) is 11.8 Å². The molecule has 0 amide bonds. The molecule has 2 atom stereocenters. The average Bonchev–Trinajstić information content (AvgIpc) is 2.87. The van der Waals surface area contributed by atoms with E-state index in [2.05, 4.69) is 42.0 Å². The number of hydrogen-bond acceptors (Lipinski definition) is 4. The van der Waals surface area contributed by atoms with Crippen LogP contribution in [0.25, 0.3) is 0 Å². The second-order valence-electron chi connectivity index (χ2n) is 5.96. The van der Waals surface area contributed by atoms with Gasteiger partial charge < -0.3 is 10.2 Å². The molecular formula is C14H22N4. The first-order chi connectivity index (χ1) is 8.63. The van der Waals surface area contributed by atoms with E-state index >= 15 is 0 Å². The van der Waals surface area contributed by atoms with Crippen LogP contribution in [0.3, 0.4) is 0 Å². The van der Waals surface area contributed by atoms with Gasteiger partial charge in [-0.05, 0) is 18.8 Å². The predicted octanol–water partition coefficient (Wildman–Crippen LogP) is 1.56. The van der Waals surface area contributed by atoms with Gasteiger partial charge in [-0.2, -0.15) is 0 Å². The Kier molecular flexibility index (Phi) is 2.98. The topological polar surface area (TPSA) is 41.0 Å². The summed E-state index contributed by atoms with van der Waals surface area (Å²) in [7, 11) is 0. The lowest BCUT2D eigenvalue weighted by atomic mass is 10.0. The second-order valence-corrected chi connectivity index (χ2v) is 5.96. The van der Waals surface area contributed by atoms with Crippen molar-refractivity contribution in [3.05, 3.63) is 17.6 Å². The monoisotopic (exact) mass is 246 g/mol. The molecule has 2 aliphatic rings. The van der Waals surface area contributed by atoms with Crippen LogP contribution in [0.4, 0.5) is 5.82 Å². The van der Waals surface area contributed by atoms with Crippen molar-refractivity contribution < 1.29 is 0 Å². The zero-order valence-corrected chi connectivity index (χ0v) is 11.5. The van der Waals surface area contributed by atoms with Crippen molar-refractivity contribution in [2.75, 3.05) is 31.1 Å². The van der Waals surface area contributed by atoms with Crippen LogP contribution >= 0.6 is 0 Å². The Labute approximate surface area is 109 Å². The summed E-state index contributed by atoms with van der Waals surface area (Å²) in [6.07, 6.45) is 0. The smallest absolute Gasteiger partial charge is 0.133 e. The number of anilines is 1. The Morgan fingerprint density at radius 1 is 1.22 bits per heavy atom. The van der Waals surface area contributed by atoms with Gasteiger partial charge in [0.25, 0.3) is 0 Å². The first-order valence-electron chi connectivity index (χ1n) is 6.94. The summed E-state index contributed by atoms with van der Waals surface area (Å²) < 4.78 is 0. The number of aryl methyl sites for hydroxylation is 1. The maximum Gasteiger partial charge on any atom is 0.133 e. The molecule has 2 fully saturated rings. The van der Waals surface area contributed by atoms with Gasteiger partial charge in [0, 0.05) is 43.9 Å². The van der Waals surface area contributed by atoms with E-state index in [1.165, 1.54) is 13.1 Å². The molecule has 98 valence electrons. The quantitative estimate of drug-likeness (QED) is 0.860. The maximum absolute atomic E-state index is 4.74. The molecule has 1 aromatic heterocycles. The maximum atomic E-state index is 4.74. The Bertz CT molecular complexity index is 431. The molecule has 3 rings (SSSR count). The van der Waals surface area contributed by atoms with Crippen LogP contribution in [0.1, 0.15) is 31.3 Å². The van der Waals surface area contributed by atoms with E-state index in [0.29, 0.717) is 5.92 Å². The molecule has 18 heavy (non-hydrogen) atoms. The number of nitrogens with zero attached hydrogens (tertiary/aromatic N) is 3. The molecule has 2 aliphatic heterocycles. The highest BCUT2D eigenvalue weighted by Crippen LogP contribution is 2.30. The lowest BCUT2D eigenvalue weighted by Crippen LogP contribution is -2.26. The number of rotatable bonds is 2. The van der Waals surface area contributed by atoms with E-state index in [-0.39, 0.29) is 0 Å². The molecular weight excluding hydrogens is 224 g/mol. The fraction of sp³-hybridized carbons (Fsp3) is 0.714. The Morgan fingerprint density at radius 2 is 1.89 bits per heavy atom. The van der Waals surface area contributed by atoms with E-state index in [4.69, 9.17) is 4.98 Å². The fourth-order valence-corrected chi connectivity index (χ4v) is 3.04. The molecule has 0 bridgehead atoms. The zero-order valence-electron chi connectivity index (χ0n) is 11.5. The summed E-state index contributed by atoms with van der Waals surface area (Å²) in [5.41, 5.74) is 1.08. The first kappa shape index (κ1) is 11.9. The lowest BCUT2D eigenvalue weighted by Gasteiger charge is -2.20. The van der Waals surface area contributed by atoms with Crippen LogP contribution < -0.4 is 10.2 Å². The molecule has 0 saturated carbocycles. The van der Waals surface area contributed by atoms with Gasteiger partial charge in [0.2, 0.25) is 0 Å². The van der Waals surface area contributed by atoms with Crippen LogP contribution in [0.15, 0.2) is 6.07 Å². The van der Waals surface area contributed by atoms with Gasteiger partial charge in [0.1, 0.15) is 11.6 Å². The highest BCUT2D eigenvalue weighted by atomic mass is 15.2. The summed E-state index contributed by atoms with van der Waals surface area (Å²) in [5, 5.41) is 3.48. The lowest BCUT2D eigenvalue weighted by molar-refractivity contribution is 0.533. The minimum absolute atomic E-state index is 0.396. The highest BCUT2D eigenvalue weighted by Gasteiger charge is 2.36. The van der Waals surface area contributed by atoms with E-state index in [1.807, 2.05) is 0 Å². The molecule has 4 heteroatoms. The molecule has 0 unspecified atom stereocenters. The number of hydrogen-bond donors (Lipinski definition) is 1. The molecule has 1 aromatic rings. The molecule has 3 heterocycles. The van der Waals surface area contributed by atoms with Crippen molar-refractivity contribution in [2.45, 2.75) is 26.7 Å². The summed E-state index contributed by atoms with van der Waals surface area (Å²) >= 11 is 0. The Morgan fingerprint density at radius 3 is 2.50 bits per heavy atom. The summed E-state index contributed by atoms with van der Waals surface area (Å²) in [6.45, 7) is 11.0. The van der Waals surface area contributed by atoms with Crippen LogP contribution in [-0.2, 0) is 0 Å². The third-order valence-corrected chi connectivity index (χ3v) is 4.09. The van der Waals surface area contributed by atoms with Crippen molar-refractivity contribution in [1.29, 1.82) is 0 Å². The van der Waals surface area contributed by atoms with Gasteiger partial charge in [-0.1, -0.05) is 13.8 Å². The molecule has 2 saturated heterocycles. The van der Waals surface area contributed by atoms with Crippen molar-refractivity contribution in [3.63, 3.8) is 0 Å². The third kappa shape index (κ3) is 2.09. The molecule has 0 aliphatic carbocycles. The molecule has 4 nitrogen and oxygen atoms in total. The summed E-state index contributed by atoms with van der Waals surface area (Å²) in [6, 6.07) is 2.13. The first-order valence-corrected chi connectivity index (χ1v) is 6.94. The Balaban J connectivity index is 1.84. The van der Waals surface area contributed by atoms with Crippen molar-refractivity contribution in [3.8, 4) is 0 Å². The molecule has 1 N–H and O–H groups in total. The normalized spacial score (nSPS) is 27.0. The van der Waals surface area contributed by atoms with Gasteiger partial charge in [-0.15, -0.1) is 0 Å². The largest absolute Gasteiger partial charge is 0.356 e. The van der Waals surface area contributed by atoms with Crippen LogP contribution in [0, 0.1) is 18.8 Å². The van der Waals surface area contributed by atoms with E-state index in [0.717, 1.165) is 42.3 Å². The number of nitrogens with one attached hydrogen (secondary N) is 1. The van der Waals surface area contributed by atoms with Crippen LogP contribution in [0.2, 0.25) is 0 Å². The third-order valence-electron chi connectivity index (χ3n) is 4.09. The predicted molar refractivity (Wildman–Crippen MR) is 72.9 cm³/mol. The van der Waals surface area contributed by atoms with E-state index in [1.54, 1.807) is 0 Å². The van der Waals surface area contributed by atoms with Gasteiger partial charge in [0.15, 0.2) is 0 Å². The zero-order chi connectivity index (χ0) is 12.7. The SMILES string of the molecule is Cc1cc(N2C[C@H]3CNC[C@H]3C2)nc(C(C)C)n1. The van der Waals surface area contributed by atoms with Crippen molar-refractivity contribution >= 4 is 5.82 Å². The standard InChI is InChI=1S/C14H22N4/c1-9(2)14-16-10(3)4-13(17-14)18-7-11-5-15-6-12(11)8-18/h4,9,11-12,15H,5-8H2,1-3H3/t11-,12+. The van der Waals surface area contributed by atoms with Gasteiger partial charge in [0.05, 0.1) is 0 Å². The number of aromatic nitrogens is 2. The van der Waals surface area contributed by atoms with Crippen LogP contribution in [0.5, 0.6) is 0 Å². The highest BCUT2D eigenvalue weighted by molar-refractivity contribution is 5.42. The number of fused-ring (bicyclic) bond motifs is 1. The van der Waals surface area contributed by atoms with Crippen LogP contribution in [-0.4, -0.2) is 36.1 Å². The minimum atomic E-state index is 0.396.